The van der Waals surface area contributed by atoms with Gasteiger partial charge in [-0.3, -0.25) is 4.79 Å². The minimum Gasteiger partial charge on any atom is -0.378 e. The first-order valence-electron chi connectivity index (χ1n) is 7.43. The number of anilines is 1. The van der Waals surface area contributed by atoms with E-state index in [4.69, 9.17) is 0 Å². The smallest absolute Gasteiger partial charge is 0.291 e. The lowest BCUT2D eigenvalue weighted by Crippen LogP contribution is -2.32. The minimum atomic E-state index is 0.00439. The summed E-state index contributed by atoms with van der Waals surface area (Å²) < 4.78 is 2.39. The highest BCUT2D eigenvalue weighted by Gasteiger charge is 2.21. The molecule has 1 aromatic heterocycles. The fourth-order valence-corrected chi connectivity index (χ4v) is 5.56. The van der Waals surface area contributed by atoms with Gasteiger partial charge in [0.25, 0.3) is 5.56 Å². The first-order valence-corrected chi connectivity index (χ1v) is 10.4. The first kappa shape index (κ1) is 15.7. The van der Waals surface area contributed by atoms with E-state index in [2.05, 4.69) is 26.3 Å². The highest BCUT2D eigenvalue weighted by atomic mass is 79.9. The fourth-order valence-electron chi connectivity index (χ4n) is 2.55. The lowest BCUT2D eigenvalue weighted by atomic mass is 9.85. The van der Waals surface area contributed by atoms with Gasteiger partial charge >= 0.3 is 0 Å². The summed E-state index contributed by atoms with van der Waals surface area (Å²) in [7, 11) is 0. The Balaban J connectivity index is 1.67. The lowest BCUT2D eigenvalue weighted by Gasteiger charge is -2.25. The molecule has 2 fully saturated rings. The highest BCUT2D eigenvalue weighted by molar-refractivity contribution is 9.10. The summed E-state index contributed by atoms with van der Waals surface area (Å²) in [6.07, 6.45) is 5.48. The van der Waals surface area contributed by atoms with Crippen LogP contribution in [0.5, 0.6) is 0 Å². The van der Waals surface area contributed by atoms with E-state index in [-0.39, 0.29) is 5.56 Å². The molecule has 1 aliphatic carbocycles. The quantitative estimate of drug-likeness (QED) is 0.838. The van der Waals surface area contributed by atoms with Crippen LogP contribution in [0.4, 0.5) is 5.69 Å². The monoisotopic (exact) mass is 389 g/mol. The summed E-state index contributed by atoms with van der Waals surface area (Å²) in [5, 5.41) is 8.20. The standard InChI is InChI=1S/C14H20BrN3OS2/c15-12-7-17-18(8-10-2-1-3-10)14(19)13(12)16-6-11-9-20-4-5-21-11/h7,10-11,16H,1-6,8-9H2. The molecule has 0 bridgehead atoms. The third-order valence-corrected chi connectivity index (χ3v) is 7.49. The molecular formula is C14H20BrN3OS2. The second-order valence-electron chi connectivity index (χ2n) is 5.60. The van der Waals surface area contributed by atoms with Crippen molar-refractivity contribution in [1.82, 2.24) is 9.78 Å². The van der Waals surface area contributed by atoms with E-state index in [0.29, 0.717) is 16.9 Å². The van der Waals surface area contributed by atoms with Crippen molar-refractivity contribution in [2.75, 3.05) is 29.1 Å². The van der Waals surface area contributed by atoms with Crippen LogP contribution >= 0.6 is 39.5 Å². The largest absolute Gasteiger partial charge is 0.378 e. The SMILES string of the molecule is O=c1c(NCC2CSCCS2)c(Br)cnn1CC1CCC1. The molecule has 4 nitrogen and oxygen atoms in total. The maximum atomic E-state index is 12.5. The molecule has 1 atom stereocenters. The number of halogens is 1. The molecule has 1 unspecified atom stereocenters. The van der Waals surface area contributed by atoms with Crippen molar-refractivity contribution in [1.29, 1.82) is 0 Å². The molecule has 1 saturated heterocycles. The predicted molar refractivity (Wildman–Crippen MR) is 95.6 cm³/mol. The third-order valence-electron chi connectivity index (χ3n) is 4.04. The van der Waals surface area contributed by atoms with E-state index in [1.807, 2.05) is 23.5 Å². The minimum absolute atomic E-state index is 0.00439. The fraction of sp³-hybridized carbons (Fsp3) is 0.714. The predicted octanol–water partition coefficient (Wildman–Crippen LogP) is 3.07. The van der Waals surface area contributed by atoms with Crippen molar-refractivity contribution in [2.45, 2.75) is 31.1 Å². The second kappa shape index (κ2) is 7.42. The zero-order valence-corrected chi connectivity index (χ0v) is 15.1. The van der Waals surface area contributed by atoms with Gasteiger partial charge in [-0.15, -0.1) is 0 Å². The average Bonchev–Trinajstić information content (AvgIpc) is 2.45. The van der Waals surface area contributed by atoms with Crippen LogP contribution in [0.3, 0.4) is 0 Å². The summed E-state index contributed by atoms with van der Waals surface area (Å²) >= 11 is 7.45. The molecule has 0 spiro atoms. The van der Waals surface area contributed by atoms with Gasteiger partial charge in [-0.1, -0.05) is 6.42 Å². The number of hydrogen-bond acceptors (Lipinski definition) is 5. The lowest BCUT2D eigenvalue weighted by molar-refractivity contribution is 0.262. The van der Waals surface area contributed by atoms with Crippen LogP contribution in [0.25, 0.3) is 0 Å². The second-order valence-corrected chi connectivity index (χ2v) is 9.01. The van der Waals surface area contributed by atoms with Crippen molar-refractivity contribution in [2.24, 2.45) is 5.92 Å². The van der Waals surface area contributed by atoms with E-state index < -0.39 is 0 Å². The van der Waals surface area contributed by atoms with Gasteiger partial charge in [0.1, 0.15) is 5.69 Å². The van der Waals surface area contributed by atoms with E-state index in [1.54, 1.807) is 10.9 Å². The molecule has 1 saturated carbocycles. The zero-order chi connectivity index (χ0) is 14.7. The van der Waals surface area contributed by atoms with E-state index >= 15 is 0 Å². The van der Waals surface area contributed by atoms with Gasteiger partial charge in [-0.2, -0.15) is 28.6 Å². The summed E-state index contributed by atoms with van der Waals surface area (Å²) in [6.45, 7) is 1.60. The molecule has 1 aliphatic heterocycles. The number of aromatic nitrogens is 2. The number of thioether (sulfide) groups is 2. The normalized spacial score (nSPS) is 22.8. The van der Waals surface area contributed by atoms with Crippen LogP contribution in [0.2, 0.25) is 0 Å². The number of rotatable bonds is 5. The Kier molecular flexibility index (Phi) is 5.56. The Bertz CT molecular complexity index is 542. The van der Waals surface area contributed by atoms with Crippen LogP contribution < -0.4 is 10.9 Å². The molecule has 3 rings (SSSR count). The Hall–Kier alpha value is -0.140. The molecule has 0 amide bonds. The van der Waals surface area contributed by atoms with Gasteiger partial charge in [0.05, 0.1) is 10.7 Å². The Morgan fingerprint density at radius 2 is 2.29 bits per heavy atom. The van der Waals surface area contributed by atoms with E-state index in [0.717, 1.165) is 23.3 Å². The van der Waals surface area contributed by atoms with Crippen molar-refractivity contribution < 1.29 is 0 Å². The van der Waals surface area contributed by atoms with Gasteiger partial charge < -0.3 is 5.32 Å². The van der Waals surface area contributed by atoms with Crippen molar-refractivity contribution >= 4 is 45.1 Å². The summed E-state index contributed by atoms with van der Waals surface area (Å²) in [4.78, 5) is 12.5. The zero-order valence-electron chi connectivity index (χ0n) is 11.9. The average molecular weight is 390 g/mol. The van der Waals surface area contributed by atoms with Crippen LogP contribution in [-0.2, 0) is 6.54 Å². The molecule has 0 radical (unpaired) electrons. The Morgan fingerprint density at radius 1 is 1.43 bits per heavy atom. The Labute approximate surface area is 142 Å². The van der Waals surface area contributed by atoms with Gasteiger partial charge in [-0.05, 0) is 34.7 Å². The molecule has 0 aromatic carbocycles. The van der Waals surface area contributed by atoms with E-state index in [1.165, 1.54) is 30.8 Å². The number of hydrogen-bond donors (Lipinski definition) is 1. The summed E-state index contributed by atoms with van der Waals surface area (Å²) in [6, 6.07) is 0. The molecule has 7 heteroatoms. The van der Waals surface area contributed by atoms with Crippen molar-refractivity contribution in [3.63, 3.8) is 0 Å². The van der Waals surface area contributed by atoms with Crippen molar-refractivity contribution in [3.8, 4) is 0 Å². The molecule has 1 aromatic rings. The maximum absolute atomic E-state index is 12.5. The van der Waals surface area contributed by atoms with Crippen molar-refractivity contribution in [3.05, 3.63) is 21.0 Å². The third kappa shape index (κ3) is 3.99. The molecule has 1 N–H and O–H groups in total. The van der Waals surface area contributed by atoms with Crippen LogP contribution in [-0.4, -0.2) is 38.8 Å². The molecular weight excluding hydrogens is 370 g/mol. The molecule has 21 heavy (non-hydrogen) atoms. The number of nitrogens with zero attached hydrogens (tertiary/aromatic N) is 2. The topological polar surface area (TPSA) is 46.9 Å². The molecule has 2 aliphatic rings. The van der Waals surface area contributed by atoms with Crippen LogP contribution in [0.15, 0.2) is 15.5 Å². The van der Waals surface area contributed by atoms with E-state index in [9.17, 15) is 4.79 Å². The first-order chi connectivity index (χ1) is 10.2. The molecule has 2 heterocycles. The molecule has 116 valence electrons. The number of nitrogens with one attached hydrogen (secondary N) is 1. The summed E-state index contributed by atoms with van der Waals surface area (Å²) in [5.41, 5.74) is 0.672. The van der Waals surface area contributed by atoms with Gasteiger partial charge in [0.15, 0.2) is 0 Å². The maximum Gasteiger partial charge on any atom is 0.291 e. The van der Waals surface area contributed by atoms with Crippen LogP contribution in [0.1, 0.15) is 19.3 Å². The van der Waals surface area contributed by atoms with Gasteiger partial charge in [0.2, 0.25) is 0 Å². The van der Waals surface area contributed by atoms with Gasteiger partial charge in [-0.25, -0.2) is 4.68 Å². The Morgan fingerprint density at radius 3 is 2.95 bits per heavy atom. The summed E-state index contributed by atoms with van der Waals surface area (Å²) in [5.74, 6) is 4.25. The van der Waals surface area contributed by atoms with Crippen LogP contribution in [0, 0.1) is 5.92 Å². The highest BCUT2D eigenvalue weighted by Crippen LogP contribution is 2.28. The van der Waals surface area contributed by atoms with Gasteiger partial charge in [0, 0.05) is 35.6 Å².